The van der Waals surface area contributed by atoms with Crippen LogP contribution in [0.15, 0.2) is 24.3 Å². The number of amides is 2. The number of carbonyl (C=O) groups excluding carboxylic acids is 3. The standard InChI is InChI=1S/C18H20N2O4/c1-11(21)24-16-8-9-19-10-12(6-7-15(16)19)20-17(22)13-4-2-3-5-14(13)18(20)23/h2-5,12,15-16H,6-10H2,1H3/t12-,15-,16-/m0/s1. The van der Waals surface area contributed by atoms with Crippen molar-refractivity contribution >= 4 is 17.8 Å². The maximum atomic E-state index is 12.6. The number of imide groups is 1. The average Bonchev–Trinajstić information content (AvgIpc) is 3.07. The minimum atomic E-state index is -0.246. The zero-order chi connectivity index (χ0) is 16.8. The smallest absolute Gasteiger partial charge is 0.302 e. The number of hydrogen-bond acceptors (Lipinski definition) is 5. The highest BCUT2D eigenvalue weighted by Gasteiger charge is 2.46. The lowest BCUT2D eigenvalue weighted by molar-refractivity contribution is -0.147. The first-order valence-electron chi connectivity index (χ1n) is 8.44. The van der Waals surface area contributed by atoms with Gasteiger partial charge in [-0.15, -0.1) is 0 Å². The quantitative estimate of drug-likeness (QED) is 0.607. The molecule has 0 radical (unpaired) electrons. The summed E-state index contributed by atoms with van der Waals surface area (Å²) < 4.78 is 5.41. The summed E-state index contributed by atoms with van der Waals surface area (Å²) >= 11 is 0. The largest absolute Gasteiger partial charge is 0.461 e. The molecule has 6 nitrogen and oxygen atoms in total. The zero-order valence-corrected chi connectivity index (χ0v) is 13.6. The summed E-state index contributed by atoms with van der Waals surface area (Å²) in [5.41, 5.74) is 1.01. The summed E-state index contributed by atoms with van der Waals surface area (Å²) in [6.07, 6.45) is 2.34. The number of fused-ring (bicyclic) bond motifs is 2. The van der Waals surface area contributed by atoms with Gasteiger partial charge in [0.05, 0.1) is 17.2 Å². The van der Waals surface area contributed by atoms with Crippen molar-refractivity contribution in [2.75, 3.05) is 13.1 Å². The Bertz CT molecular complexity index is 682. The molecule has 2 saturated heterocycles. The van der Waals surface area contributed by atoms with Crippen molar-refractivity contribution < 1.29 is 19.1 Å². The van der Waals surface area contributed by atoms with Crippen molar-refractivity contribution in [2.45, 2.75) is 44.4 Å². The maximum absolute atomic E-state index is 12.6. The fraction of sp³-hybridized carbons (Fsp3) is 0.500. The molecule has 3 heterocycles. The molecule has 4 rings (SSSR count). The highest BCUT2D eigenvalue weighted by atomic mass is 16.5. The van der Waals surface area contributed by atoms with E-state index in [1.807, 2.05) is 0 Å². The molecule has 1 aromatic rings. The molecule has 24 heavy (non-hydrogen) atoms. The van der Waals surface area contributed by atoms with E-state index in [-0.39, 0.29) is 36.0 Å². The summed E-state index contributed by atoms with van der Waals surface area (Å²) in [4.78, 5) is 40.2. The highest BCUT2D eigenvalue weighted by molar-refractivity contribution is 6.21. The lowest BCUT2D eigenvalue weighted by atomic mass is 9.96. The van der Waals surface area contributed by atoms with Crippen LogP contribution in [-0.4, -0.2) is 58.9 Å². The van der Waals surface area contributed by atoms with Gasteiger partial charge in [0.1, 0.15) is 6.10 Å². The number of ether oxygens (including phenoxy) is 1. The topological polar surface area (TPSA) is 66.9 Å². The molecule has 0 N–H and O–H groups in total. The van der Waals surface area contributed by atoms with Gasteiger partial charge in [0.15, 0.2) is 0 Å². The summed E-state index contributed by atoms with van der Waals surface area (Å²) in [6, 6.07) is 7.11. The van der Waals surface area contributed by atoms with Crippen LogP contribution < -0.4 is 0 Å². The summed E-state index contributed by atoms with van der Waals surface area (Å²) in [6.45, 7) is 2.93. The number of rotatable bonds is 2. The van der Waals surface area contributed by atoms with Crippen LogP contribution in [0.5, 0.6) is 0 Å². The molecule has 0 aromatic heterocycles. The third kappa shape index (κ3) is 2.33. The third-order valence-electron chi connectivity index (χ3n) is 5.35. The van der Waals surface area contributed by atoms with Gasteiger partial charge >= 0.3 is 5.97 Å². The van der Waals surface area contributed by atoms with Crippen LogP contribution >= 0.6 is 0 Å². The molecule has 3 atom stereocenters. The van der Waals surface area contributed by atoms with Crippen LogP contribution in [-0.2, 0) is 9.53 Å². The van der Waals surface area contributed by atoms with E-state index in [0.29, 0.717) is 17.7 Å². The molecule has 2 fully saturated rings. The number of benzene rings is 1. The van der Waals surface area contributed by atoms with Gasteiger partial charge < -0.3 is 4.74 Å². The van der Waals surface area contributed by atoms with E-state index in [2.05, 4.69) is 4.90 Å². The van der Waals surface area contributed by atoms with Gasteiger partial charge in [-0.05, 0) is 31.4 Å². The Balaban J connectivity index is 1.50. The highest BCUT2D eigenvalue weighted by Crippen LogP contribution is 2.34. The van der Waals surface area contributed by atoms with Gasteiger partial charge in [0.2, 0.25) is 0 Å². The monoisotopic (exact) mass is 328 g/mol. The van der Waals surface area contributed by atoms with Crippen molar-refractivity contribution in [3.63, 3.8) is 0 Å². The summed E-state index contributed by atoms with van der Waals surface area (Å²) in [7, 11) is 0. The van der Waals surface area contributed by atoms with Crippen LogP contribution in [0.3, 0.4) is 0 Å². The minimum absolute atomic E-state index is 0.0642. The van der Waals surface area contributed by atoms with E-state index in [9.17, 15) is 14.4 Å². The molecule has 0 aliphatic carbocycles. The predicted molar refractivity (Wildman–Crippen MR) is 85.5 cm³/mol. The van der Waals surface area contributed by atoms with Crippen LogP contribution in [0.1, 0.15) is 46.9 Å². The van der Waals surface area contributed by atoms with Gasteiger partial charge in [-0.1, -0.05) is 12.1 Å². The first kappa shape index (κ1) is 15.3. The molecule has 1 aromatic carbocycles. The first-order chi connectivity index (χ1) is 11.6. The number of hydrogen-bond donors (Lipinski definition) is 0. The molecule has 2 amide bonds. The van der Waals surface area contributed by atoms with E-state index in [1.54, 1.807) is 24.3 Å². The fourth-order valence-corrected chi connectivity index (χ4v) is 4.31. The molecule has 6 heteroatoms. The molecule has 3 aliphatic heterocycles. The second kappa shape index (κ2) is 5.70. The van der Waals surface area contributed by atoms with Crippen LogP contribution in [0.2, 0.25) is 0 Å². The van der Waals surface area contributed by atoms with E-state index in [4.69, 9.17) is 4.74 Å². The normalized spacial score (nSPS) is 29.5. The van der Waals surface area contributed by atoms with Gasteiger partial charge in [-0.25, -0.2) is 0 Å². The Morgan fingerprint density at radius 2 is 1.75 bits per heavy atom. The minimum Gasteiger partial charge on any atom is -0.461 e. The fourth-order valence-electron chi connectivity index (χ4n) is 4.31. The molecule has 0 bridgehead atoms. The van der Waals surface area contributed by atoms with Crippen molar-refractivity contribution in [2.24, 2.45) is 0 Å². The summed E-state index contributed by atoms with van der Waals surface area (Å²) in [5.74, 6) is -0.617. The molecular weight excluding hydrogens is 308 g/mol. The second-order valence-corrected chi connectivity index (χ2v) is 6.76. The second-order valence-electron chi connectivity index (χ2n) is 6.76. The first-order valence-corrected chi connectivity index (χ1v) is 8.44. The van der Waals surface area contributed by atoms with E-state index >= 15 is 0 Å². The van der Waals surface area contributed by atoms with Gasteiger partial charge in [0, 0.05) is 26.1 Å². The Labute approximate surface area is 140 Å². The van der Waals surface area contributed by atoms with Crippen molar-refractivity contribution in [3.8, 4) is 0 Å². The van der Waals surface area contributed by atoms with E-state index < -0.39 is 0 Å². The van der Waals surface area contributed by atoms with Gasteiger partial charge in [0.25, 0.3) is 11.8 Å². The molecule has 0 saturated carbocycles. The van der Waals surface area contributed by atoms with E-state index in [1.165, 1.54) is 11.8 Å². The SMILES string of the molecule is CC(=O)O[C@H]1CCN2C[C@@H](N3C(=O)c4ccccc4C3=O)CC[C@@H]12. The van der Waals surface area contributed by atoms with Crippen LogP contribution in [0.25, 0.3) is 0 Å². The Morgan fingerprint density at radius 1 is 1.08 bits per heavy atom. The number of carbonyl (C=O) groups is 3. The Morgan fingerprint density at radius 3 is 2.38 bits per heavy atom. The average molecular weight is 328 g/mol. The maximum Gasteiger partial charge on any atom is 0.302 e. The lowest BCUT2D eigenvalue weighted by Crippen LogP contribution is -2.53. The predicted octanol–water partition coefficient (Wildman–Crippen LogP) is 1.45. The molecule has 0 spiro atoms. The van der Waals surface area contributed by atoms with Crippen molar-refractivity contribution in [1.29, 1.82) is 0 Å². The Kier molecular flexibility index (Phi) is 3.64. The number of nitrogens with zero attached hydrogens (tertiary/aromatic N) is 2. The third-order valence-corrected chi connectivity index (χ3v) is 5.35. The van der Waals surface area contributed by atoms with Crippen molar-refractivity contribution in [3.05, 3.63) is 35.4 Å². The molecule has 0 unspecified atom stereocenters. The summed E-state index contributed by atoms with van der Waals surface area (Å²) in [5, 5.41) is 0. The number of piperidine rings is 1. The lowest BCUT2D eigenvalue weighted by Gasteiger charge is -2.39. The number of esters is 1. The molecular formula is C18H20N2O4. The van der Waals surface area contributed by atoms with Gasteiger partial charge in [-0.2, -0.15) is 0 Å². The Hall–Kier alpha value is -2.21. The van der Waals surface area contributed by atoms with E-state index in [0.717, 1.165) is 25.8 Å². The van der Waals surface area contributed by atoms with Gasteiger partial charge in [-0.3, -0.25) is 24.2 Å². The van der Waals surface area contributed by atoms with Crippen LogP contribution in [0, 0.1) is 0 Å². The molecule has 3 aliphatic rings. The zero-order valence-electron chi connectivity index (χ0n) is 13.6. The van der Waals surface area contributed by atoms with Crippen LogP contribution in [0.4, 0.5) is 0 Å². The molecule has 126 valence electrons. The van der Waals surface area contributed by atoms with Crippen molar-refractivity contribution in [1.82, 2.24) is 9.80 Å².